The van der Waals surface area contributed by atoms with Gasteiger partial charge in [0.25, 0.3) is 5.91 Å². The van der Waals surface area contributed by atoms with Crippen molar-refractivity contribution in [3.63, 3.8) is 0 Å². The molecule has 0 unspecified atom stereocenters. The number of carboxylic acids is 1. The minimum atomic E-state index is -0.969. The number of unbranched alkanes of at least 4 members (excludes halogenated alkanes) is 1. The Kier molecular flexibility index (Phi) is 9.30. The Morgan fingerprint density at radius 2 is 1.98 bits per heavy atom. The number of ether oxygens (including phenoxy) is 2. The van der Waals surface area contributed by atoms with E-state index in [0.29, 0.717) is 73.9 Å². The van der Waals surface area contributed by atoms with Gasteiger partial charge in [0.1, 0.15) is 0 Å². The molecule has 3 heterocycles. The number of fused-ring (bicyclic) bond motifs is 2. The molecule has 1 saturated heterocycles. The molecule has 2 amide bonds. The first-order chi connectivity index (χ1) is 20.4. The fourth-order valence-corrected chi connectivity index (χ4v) is 6.55. The van der Waals surface area contributed by atoms with Gasteiger partial charge in [0.15, 0.2) is 11.5 Å². The maximum atomic E-state index is 13.5. The van der Waals surface area contributed by atoms with Crippen molar-refractivity contribution in [2.24, 2.45) is 11.7 Å². The van der Waals surface area contributed by atoms with Crippen LogP contribution in [0.1, 0.15) is 59.2 Å². The molecule has 0 aliphatic carbocycles. The number of aliphatic carboxylic acids is 1. The first-order valence-electron chi connectivity index (χ1n) is 14.7. The van der Waals surface area contributed by atoms with Gasteiger partial charge in [0.05, 0.1) is 19.1 Å². The number of hydrogen-bond donors (Lipinski definition) is 3. The Morgan fingerprint density at radius 1 is 1.17 bits per heavy atom. The van der Waals surface area contributed by atoms with E-state index in [9.17, 15) is 24.6 Å². The summed E-state index contributed by atoms with van der Waals surface area (Å²) in [5.41, 5.74) is 8.68. The predicted octanol–water partition coefficient (Wildman–Crippen LogP) is 2.01. The number of benzene rings is 2. The lowest BCUT2D eigenvalue weighted by Crippen LogP contribution is -2.46. The lowest BCUT2D eigenvalue weighted by atomic mass is 9.83. The highest BCUT2D eigenvalue weighted by Gasteiger charge is 2.48. The summed E-state index contributed by atoms with van der Waals surface area (Å²) in [4.78, 5) is 45.0. The molecule has 0 radical (unpaired) electrons. The maximum absolute atomic E-state index is 13.5. The predicted molar refractivity (Wildman–Crippen MR) is 154 cm³/mol. The van der Waals surface area contributed by atoms with Gasteiger partial charge in [0.2, 0.25) is 12.7 Å². The van der Waals surface area contributed by atoms with Crippen LogP contribution in [0.25, 0.3) is 0 Å². The number of aliphatic hydroxyl groups is 1. The average Bonchev–Trinajstić information content (AvgIpc) is 3.69. The summed E-state index contributed by atoms with van der Waals surface area (Å²) in [7, 11) is 0. The number of nitrogens with zero attached hydrogens (tertiary/aromatic N) is 3. The molecule has 1 fully saturated rings. The lowest BCUT2D eigenvalue weighted by Gasteiger charge is -2.30. The second kappa shape index (κ2) is 13.1. The highest BCUT2D eigenvalue weighted by Crippen LogP contribution is 2.44. The SMILES string of the molecule is CCCCN(CCN)C(=O)CN1C[C@H](c2cc(CO)c3c(c2)OCO3)[C@@H](C(=O)O)[C@@H]1CCN1Cc2ccccc2C1=O. The van der Waals surface area contributed by atoms with Gasteiger partial charge in [-0.05, 0) is 42.2 Å². The van der Waals surface area contributed by atoms with Gasteiger partial charge in [-0.25, -0.2) is 0 Å². The van der Waals surface area contributed by atoms with Crippen LogP contribution in [0, 0.1) is 5.92 Å². The Morgan fingerprint density at radius 3 is 2.69 bits per heavy atom. The van der Waals surface area contributed by atoms with Crippen LogP contribution in [0.5, 0.6) is 11.5 Å². The van der Waals surface area contributed by atoms with Crippen LogP contribution in [0.15, 0.2) is 36.4 Å². The molecule has 5 rings (SSSR count). The second-order valence-corrected chi connectivity index (χ2v) is 11.2. The molecule has 3 aliphatic rings. The monoisotopic (exact) mass is 580 g/mol. The summed E-state index contributed by atoms with van der Waals surface area (Å²) in [5.74, 6) is -1.49. The van der Waals surface area contributed by atoms with Crippen molar-refractivity contribution in [3.8, 4) is 11.5 Å². The van der Waals surface area contributed by atoms with Crippen molar-refractivity contribution in [2.45, 2.75) is 51.3 Å². The summed E-state index contributed by atoms with van der Waals surface area (Å²) < 4.78 is 11.1. The fraction of sp³-hybridized carbons (Fsp3) is 0.516. The van der Waals surface area contributed by atoms with E-state index < -0.39 is 23.8 Å². The fourth-order valence-electron chi connectivity index (χ4n) is 6.55. The first-order valence-corrected chi connectivity index (χ1v) is 14.7. The molecule has 0 saturated carbocycles. The highest BCUT2D eigenvalue weighted by molar-refractivity contribution is 5.98. The summed E-state index contributed by atoms with van der Waals surface area (Å²) in [5, 5.41) is 20.6. The number of rotatable bonds is 13. The van der Waals surface area contributed by atoms with Gasteiger partial charge in [-0.1, -0.05) is 31.5 Å². The average molecular weight is 581 g/mol. The zero-order valence-corrected chi connectivity index (χ0v) is 24.0. The van der Waals surface area contributed by atoms with Crippen molar-refractivity contribution < 1.29 is 34.1 Å². The van der Waals surface area contributed by atoms with E-state index in [0.717, 1.165) is 18.4 Å². The first kappa shape index (κ1) is 29.8. The number of amides is 2. The Bertz CT molecular complexity index is 1320. The molecule has 3 aliphatic heterocycles. The van der Waals surface area contributed by atoms with Crippen LogP contribution in [-0.4, -0.2) is 94.8 Å². The van der Waals surface area contributed by atoms with Crippen molar-refractivity contribution in [3.05, 3.63) is 58.7 Å². The summed E-state index contributed by atoms with van der Waals surface area (Å²) >= 11 is 0. The van der Waals surface area contributed by atoms with Gasteiger partial charge in [-0.3, -0.25) is 19.3 Å². The van der Waals surface area contributed by atoms with E-state index in [1.54, 1.807) is 21.9 Å². The lowest BCUT2D eigenvalue weighted by molar-refractivity contribution is -0.143. The zero-order valence-electron chi connectivity index (χ0n) is 24.0. The molecule has 2 aromatic carbocycles. The molecule has 226 valence electrons. The number of aliphatic hydroxyl groups excluding tert-OH is 1. The molecule has 0 aromatic heterocycles. The van der Waals surface area contributed by atoms with Gasteiger partial charge < -0.3 is 35.2 Å². The third-order valence-electron chi connectivity index (χ3n) is 8.67. The molecular weight excluding hydrogens is 540 g/mol. The molecule has 4 N–H and O–H groups in total. The summed E-state index contributed by atoms with van der Waals surface area (Å²) in [6.45, 7) is 4.42. The Hall–Kier alpha value is -3.67. The zero-order chi connectivity index (χ0) is 29.8. The number of nitrogens with two attached hydrogens (primary N) is 1. The smallest absolute Gasteiger partial charge is 0.308 e. The molecule has 11 heteroatoms. The Balaban J connectivity index is 1.43. The summed E-state index contributed by atoms with van der Waals surface area (Å²) in [6.07, 6.45) is 2.19. The van der Waals surface area contributed by atoms with Crippen molar-refractivity contribution >= 4 is 17.8 Å². The van der Waals surface area contributed by atoms with E-state index >= 15 is 0 Å². The van der Waals surface area contributed by atoms with Crippen LogP contribution in [0.2, 0.25) is 0 Å². The number of carboxylic acid groups (broad SMARTS) is 1. The number of likely N-dealkylation sites (tertiary alicyclic amines) is 1. The number of carbonyl (C=O) groups is 3. The normalized spacial score (nSPS) is 21.2. The van der Waals surface area contributed by atoms with E-state index in [2.05, 4.69) is 6.92 Å². The third kappa shape index (κ3) is 5.95. The quantitative estimate of drug-likeness (QED) is 0.324. The van der Waals surface area contributed by atoms with Gasteiger partial charge >= 0.3 is 5.97 Å². The van der Waals surface area contributed by atoms with E-state index in [4.69, 9.17) is 15.2 Å². The molecular formula is C31H40N4O7. The molecule has 42 heavy (non-hydrogen) atoms. The molecule has 2 aromatic rings. The minimum absolute atomic E-state index is 0.0308. The van der Waals surface area contributed by atoms with Crippen LogP contribution in [-0.2, 0) is 22.7 Å². The van der Waals surface area contributed by atoms with Crippen molar-refractivity contribution in [1.29, 1.82) is 0 Å². The summed E-state index contributed by atoms with van der Waals surface area (Å²) in [6, 6.07) is 10.6. The van der Waals surface area contributed by atoms with Gasteiger partial charge in [-0.15, -0.1) is 0 Å². The second-order valence-electron chi connectivity index (χ2n) is 11.2. The largest absolute Gasteiger partial charge is 0.481 e. The van der Waals surface area contributed by atoms with Crippen LogP contribution >= 0.6 is 0 Å². The third-order valence-corrected chi connectivity index (χ3v) is 8.67. The minimum Gasteiger partial charge on any atom is -0.481 e. The van der Waals surface area contributed by atoms with Crippen molar-refractivity contribution in [2.75, 3.05) is 46.1 Å². The Labute approximate surface area is 245 Å². The molecule has 0 spiro atoms. The molecule has 11 nitrogen and oxygen atoms in total. The maximum Gasteiger partial charge on any atom is 0.308 e. The number of carbonyl (C=O) groups excluding carboxylic acids is 2. The van der Waals surface area contributed by atoms with E-state index in [1.165, 1.54) is 0 Å². The van der Waals surface area contributed by atoms with Gasteiger partial charge in [-0.2, -0.15) is 0 Å². The van der Waals surface area contributed by atoms with E-state index in [1.807, 2.05) is 29.2 Å². The van der Waals surface area contributed by atoms with Crippen molar-refractivity contribution in [1.82, 2.24) is 14.7 Å². The highest BCUT2D eigenvalue weighted by atomic mass is 16.7. The molecule has 3 atom stereocenters. The number of hydrogen-bond acceptors (Lipinski definition) is 8. The van der Waals surface area contributed by atoms with Crippen LogP contribution < -0.4 is 15.2 Å². The van der Waals surface area contributed by atoms with Gasteiger partial charge in [0, 0.05) is 62.4 Å². The van der Waals surface area contributed by atoms with Crippen LogP contribution in [0.3, 0.4) is 0 Å². The van der Waals surface area contributed by atoms with E-state index in [-0.39, 0.29) is 31.8 Å². The topological polar surface area (TPSA) is 146 Å². The standard InChI is InChI=1S/C31H40N4O7/c1-2-3-10-33(12-9-32)27(37)17-35-16-24(21-13-22(18-36)29-26(14-21)41-19-42-29)28(31(39)40)25(35)8-11-34-15-20-6-4-5-7-23(20)30(34)38/h4-7,13-14,24-25,28,36H,2-3,8-12,15-19,32H2,1H3,(H,39,40)/t24-,25+,28-/m1/s1. The van der Waals surface area contributed by atoms with Crippen LogP contribution in [0.4, 0.5) is 0 Å². The molecule has 0 bridgehead atoms.